The van der Waals surface area contributed by atoms with Gasteiger partial charge in [0, 0.05) is 38.5 Å². The van der Waals surface area contributed by atoms with Crippen LogP contribution < -0.4 is 5.73 Å². The Morgan fingerprint density at radius 2 is 1.32 bits per heavy atom. The Morgan fingerprint density at radius 3 is 1.96 bits per heavy atom. The maximum atomic E-state index is 6.18. The maximum Gasteiger partial charge on any atom is 0.0700 e. The van der Waals surface area contributed by atoms with Crippen LogP contribution in [0, 0.1) is 0 Å². The fraction of sp³-hybridized carbons (Fsp3) is 0.478. The number of methoxy groups -OCH3 is 2. The molecule has 1 aliphatic carbocycles. The molecule has 3 rings (SSSR count). The standard InChI is InChI=1S/C23H31NO4/c1-25-13-15-27-11-9-23(10-12-28-16-14-26-2)21-6-4-3-5-19(21)20-8-7-18(24)17-22(20)23/h3-8,17H,9-16,24H2,1-2H3. The summed E-state index contributed by atoms with van der Waals surface area (Å²) in [5, 5.41) is 0. The van der Waals surface area contributed by atoms with Crippen molar-refractivity contribution in [1.29, 1.82) is 0 Å². The van der Waals surface area contributed by atoms with Crippen molar-refractivity contribution in [3.8, 4) is 11.1 Å². The average molecular weight is 386 g/mol. The van der Waals surface area contributed by atoms with Crippen LogP contribution in [-0.2, 0) is 24.4 Å². The Kier molecular flexibility index (Phi) is 7.45. The minimum Gasteiger partial charge on any atom is -0.399 e. The molecule has 0 saturated carbocycles. The second-order valence-corrected chi connectivity index (χ2v) is 7.14. The minimum atomic E-state index is -0.165. The van der Waals surface area contributed by atoms with Gasteiger partial charge < -0.3 is 24.7 Å². The Labute approximate surface area is 167 Å². The molecular weight excluding hydrogens is 354 g/mol. The smallest absolute Gasteiger partial charge is 0.0700 e. The third-order valence-corrected chi connectivity index (χ3v) is 5.50. The summed E-state index contributed by atoms with van der Waals surface area (Å²) >= 11 is 0. The molecular formula is C23H31NO4. The summed E-state index contributed by atoms with van der Waals surface area (Å²) in [5.74, 6) is 0. The van der Waals surface area contributed by atoms with Crippen molar-refractivity contribution in [3.05, 3.63) is 53.6 Å². The number of anilines is 1. The molecule has 1 aliphatic rings. The lowest BCUT2D eigenvalue weighted by atomic mass is 9.73. The third-order valence-electron chi connectivity index (χ3n) is 5.50. The maximum absolute atomic E-state index is 6.18. The van der Waals surface area contributed by atoms with Crippen molar-refractivity contribution >= 4 is 5.69 Å². The van der Waals surface area contributed by atoms with Gasteiger partial charge >= 0.3 is 0 Å². The van der Waals surface area contributed by atoms with E-state index in [1.165, 1.54) is 22.3 Å². The predicted molar refractivity (Wildman–Crippen MR) is 112 cm³/mol. The topological polar surface area (TPSA) is 62.9 Å². The second kappa shape index (κ2) is 10.0. The molecule has 0 spiro atoms. The van der Waals surface area contributed by atoms with E-state index in [9.17, 15) is 0 Å². The van der Waals surface area contributed by atoms with Gasteiger partial charge in [-0.15, -0.1) is 0 Å². The summed E-state index contributed by atoms with van der Waals surface area (Å²) in [6.07, 6.45) is 1.75. The number of hydrogen-bond acceptors (Lipinski definition) is 5. The molecule has 0 fully saturated rings. The number of ether oxygens (including phenoxy) is 4. The van der Waals surface area contributed by atoms with Crippen LogP contribution in [0.2, 0.25) is 0 Å². The summed E-state index contributed by atoms with van der Waals surface area (Å²) < 4.78 is 21.9. The van der Waals surface area contributed by atoms with Gasteiger partial charge in [-0.1, -0.05) is 30.3 Å². The summed E-state index contributed by atoms with van der Waals surface area (Å²) in [4.78, 5) is 0. The highest BCUT2D eigenvalue weighted by Gasteiger charge is 2.42. The van der Waals surface area contributed by atoms with E-state index in [2.05, 4.69) is 36.4 Å². The second-order valence-electron chi connectivity index (χ2n) is 7.14. The minimum absolute atomic E-state index is 0.165. The average Bonchev–Trinajstić information content (AvgIpc) is 2.97. The Bertz CT molecular complexity index is 748. The van der Waals surface area contributed by atoms with E-state index >= 15 is 0 Å². The molecule has 0 atom stereocenters. The third kappa shape index (κ3) is 4.39. The lowest BCUT2D eigenvalue weighted by Gasteiger charge is -2.32. The van der Waals surface area contributed by atoms with E-state index in [1.807, 2.05) is 6.07 Å². The Balaban J connectivity index is 1.89. The molecule has 0 unspecified atom stereocenters. The highest BCUT2D eigenvalue weighted by Crippen LogP contribution is 2.53. The molecule has 0 aromatic heterocycles. The molecule has 152 valence electrons. The van der Waals surface area contributed by atoms with Crippen molar-refractivity contribution in [3.63, 3.8) is 0 Å². The highest BCUT2D eigenvalue weighted by molar-refractivity contribution is 5.82. The van der Waals surface area contributed by atoms with Crippen LogP contribution in [0.3, 0.4) is 0 Å². The summed E-state index contributed by atoms with van der Waals surface area (Å²) in [6.45, 7) is 3.72. The zero-order valence-electron chi connectivity index (χ0n) is 16.9. The van der Waals surface area contributed by atoms with Gasteiger partial charge in [0.1, 0.15) is 0 Å². The van der Waals surface area contributed by atoms with E-state index in [1.54, 1.807) is 14.2 Å². The van der Waals surface area contributed by atoms with Gasteiger partial charge in [0.05, 0.1) is 26.4 Å². The fourth-order valence-corrected chi connectivity index (χ4v) is 4.12. The van der Waals surface area contributed by atoms with Crippen LogP contribution in [0.25, 0.3) is 11.1 Å². The summed E-state index contributed by atoms with van der Waals surface area (Å²) in [6, 6.07) is 14.9. The quantitative estimate of drug-likeness (QED) is 0.446. The highest BCUT2D eigenvalue weighted by atomic mass is 16.5. The van der Waals surface area contributed by atoms with Crippen molar-refractivity contribution in [2.24, 2.45) is 0 Å². The van der Waals surface area contributed by atoms with Crippen molar-refractivity contribution in [2.45, 2.75) is 18.3 Å². The van der Waals surface area contributed by atoms with E-state index in [0.29, 0.717) is 39.6 Å². The van der Waals surface area contributed by atoms with E-state index in [4.69, 9.17) is 24.7 Å². The number of hydrogen-bond donors (Lipinski definition) is 1. The number of fused-ring (bicyclic) bond motifs is 3. The lowest BCUT2D eigenvalue weighted by molar-refractivity contribution is 0.0491. The van der Waals surface area contributed by atoms with Gasteiger partial charge in [-0.25, -0.2) is 0 Å². The van der Waals surface area contributed by atoms with Crippen molar-refractivity contribution in [1.82, 2.24) is 0 Å². The molecule has 0 saturated heterocycles. The molecule has 2 N–H and O–H groups in total. The molecule has 0 aliphatic heterocycles. The van der Waals surface area contributed by atoms with Crippen molar-refractivity contribution < 1.29 is 18.9 Å². The molecule has 0 radical (unpaired) electrons. The Morgan fingerprint density at radius 1 is 0.714 bits per heavy atom. The summed E-state index contributed by atoms with van der Waals surface area (Å²) in [5.41, 5.74) is 12.0. The molecule has 5 nitrogen and oxygen atoms in total. The number of nitrogens with two attached hydrogens (primary N) is 1. The zero-order chi connectivity index (χ0) is 19.8. The number of benzene rings is 2. The number of rotatable bonds is 12. The monoisotopic (exact) mass is 385 g/mol. The van der Waals surface area contributed by atoms with E-state index in [-0.39, 0.29) is 5.41 Å². The lowest BCUT2D eigenvalue weighted by Crippen LogP contribution is -2.29. The molecule has 5 heteroatoms. The largest absolute Gasteiger partial charge is 0.399 e. The SMILES string of the molecule is COCCOCCC1(CCOCCOC)c2ccccc2-c2ccc(N)cc21. The van der Waals surface area contributed by atoms with Crippen LogP contribution in [-0.4, -0.2) is 53.9 Å². The first-order chi connectivity index (χ1) is 13.7. The van der Waals surface area contributed by atoms with Crippen LogP contribution >= 0.6 is 0 Å². The Hall–Kier alpha value is -1.92. The molecule has 0 bridgehead atoms. The van der Waals surface area contributed by atoms with E-state index < -0.39 is 0 Å². The van der Waals surface area contributed by atoms with Crippen molar-refractivity contribution in [2.75, 3.05) is 59.6 Å². The fourth-order valence-electron chi connectivity index (χ4n) is 4.12. The van der Waals surface area contributed by atoms with Gasteiger partial charge in [-0.3, -0.25) is 0 Å². The molecule has 2 aromatic carbocycles. The molecule has 2 aromatic rings. The van der Waals surface area contributed by atoms with Crippen LogP contribution in [0.5, 0.6) is 0 Å². The first-order valence-electron chi connectivity index (χ1n) is 9.86. The van der Waals surface area contributed by atoms with Crippen LogP contribution in [0.4, 0.5) is 5.69 Å². The van der Waals surface area contributed by atoms with Gasteiger partial charge in [-0.05, 0) is 47.2 Å². The molecule has 0 heterocycles. The van der Waals surface area contributed by atoms with Gasteiger partial charge in [0.2, 0.25) is 0 Å². The van der Waals surface area contributed by atoms with Gasteiger partial charge in [0.15, 0.2) is 0 Å². The number of nitrogen functional groups attached to an aromatic ring is 1. The first kappa shape index (κ1) is 20.8. The summed E-state index contributed by atoms with van der Waals surface area (Å²) in [7, 11) is 3.38. The normalized spacial score (nSPS) is 14.1. The van der Waals surface area contributed by atoms with Gasteiger partial charge in [-0.2, -0.15) is 0 Å². The van der Waals surface area contributed by atoms with E-state index in [0.717, 1.165) is 18.5 Å². The first-order valence-corrected chi connectivity index (χ1v) is 9.86. The molecule has 0 amide bonds. The predicted octanol–water partition coefficient (Wildman–Crippen LogP) is 3.64. The van der Waals surface area contributed by atoms with Crippen LogP contribution in [0.15, 0.2) is 42.5 Å². The zero-order valence-corrected chi connectivity index (χ0v) is 16.9. The van der Waals surface area contributed by atoms with Crippen LogP contribution in [0.1, 0.15) is 24.0 Å². The van der Waals surface area contributed by atoms with Gasteiger partial charge in [0.25, 0.3) is 0 Å². The molecule has 28 heavy (non-hydrogen) atoms.